The van der Waals surface area contributed by atoms with Crippen molar-refractivity contribution in [1.29, 1.82) is 0 Å². The average Bonchev–Trinajstić information content (AvgIpc) is 2.06. The second kappa shape index (κ2) is 3.66. The molecule has 0 saturated heterocycles. The molecule has 2 nitrogen and oxygen atoms in total. The van der Waals surface area contributed by atoms with E-state index in [-0.39, 0.29) is 0 Å². The van der Waals surface area contributed by atoms with Crippen molar-refractivity contribution in [2.75, 3.05) is 7.05 Å². The quantitative estimate of drug-likeness (QED) is 0.504. The normalized spacial score (nSPS) is 23.0. The second-order valence-corrected chi connectivity index (χ2v) is 2.02. The van der Waals surface area contributed by atoms with E-state index in [1.54, 1.807) is 7.05 Å². The zero-order chi connectivity index (χ0) is 8.10. The average molecular weight is 146 g/mol. The molecule has 1 rings (SSSR count). The third-order valence-electron chi connectivity index (χ3n) is 1.35. The van der Waals surface area contributed by atoms with Gasteiger partial charge in [-0.2, -0.15) is 0 Å². The summed E-state index contributed by atoms with van der Waals surface area (Å²) in [5.74, 6) is 0. The first-order chi connectivity index (χ1) is 5.38. The standard InChI is InChI=1S/C9H10N2/c1-3-11-9-7-5-4-6-8(9)10-2/h3-7H,1H2,2H3/b10-8-,11-9-. The van der Waals surface area contributed by atoms with Crippen molar-refractivity contribution in [3.8, 4) is 0 Å². The predicted molar refractivity (Wildman–Crippen MR) is 49.3 cm³/mol. The Morgan fingerprint density at radius 3 is 2.45 bits per heavy atom. The van der Waals surface area contributed by atoms with Crippen LogP contribution in [0.5, 0.6) is 0 Å². The Kier molecular flexibility index (Phi) is 2.55. The minimum Gasteiger partial charge on any atom is -0.286 e. The van der Waals surface area contributed by atoms with Gasteiger partial charge in [-0.25, -0.2) is 0 Å². The Morgan fingerprint density at radius 2 is 1.91 bits per heavy atom. The fraction of sp³-hybridized carbons (Fsp3) is 0.111. The summed E-state index contributed by atoms with van der Waals surface area (Å²) < 4.78 is 0. The molecule has 0 spiro atoms. The van der Waals surface area contributed by atoms with Gasteiger partial charge in [0.1, 0.15) is 0 Å². The molecule has 2 heteroatoms. The van der Waals surface area contributed by atoms with E-state index < -0.39 is 0 Å². The van der Waals surface area contributed by atoms with Gasteiger partial charge >= 0.3 is 0 Å². The zero-order valence-electron chi connectivity index (χ0n) is 6.49. The first-order valence-corrected chi connectivity index (χ1v) is 3.39. The van der Waals surface area contributed by atoms with E-state index in [0.717, 1.165) is 11.4 Å². The molecule has 0 unspecified atom stereocenters. The van der Waals surface area contributed by atoms with Gasteiger partial charge in [0.25, 0.3) is 0 Å². The number of allylic oxidation sites excluding steroid dienone is 4. The van der Waals surface area contributed by atoms with Crippen LogP contribution in [0.3, 0.4) is 0 Å². The molecule has 0 aliphatic heterocycles. The maximum absolute atomic E-state index is 4.05. The molecule has 0 fully saturated rings. The molecule has 1 aliphatic rings. The molecule has 0 radical (unpaired) electrons. The Bertz CT molecular complexity index is 267. The van der Waals surface area contributed by atoms with E-state index in [1.165, 1.54) is 6.20 Å². The summed E-state index contributed by atoms with van der Waals surface area (Å²) in [6, 6.07) is 0. The van der Waals surface area contributed by atoms with Gasteiger partial charge in [-0.3, -0.25) is 9.98 Å². The lowest BCUT2D eigenvalue weighted by Crippen LogP contribution is -2.10. The first kappa shape index (κ1) is 7.66. The molecule has 0 atom stereocenters. The monoisotopic (exact) mass is 146 g/mol. The molecule has 0 aromatic rings. The molecule has 1 aliphatic carbocycles. The van der Waals surface area contributed by atoms with Crippen molar-refractivity contribution in [3.05, 3.63) is 37.1 Å². The van der Waals surface area contributed by atoms with Gasteiger partial charge in [0.2, 0.25) is 0 Å². The topological polar surface area (TPSA) is 24.7 Å². The fourth-order valence-electron chi connectivity index (χ4n) is 0.861. The lowest BCUT2D eigenvalue weighted by Gasteiger charge is -2.01. The van der Waals surface area contributed by atoms with Crippen LogP contribution >= 0.6 is 0 Å². The van der Waals surface area contributed by atoms with Gasteiger partial charge in [0.15, 0.2) is 0 Å². The number of nitrogens with zero attached hydrogens (tertiary/aromatic N) is 2. The molecular formula is C9H10N2. The summed E-state index contributed by atoms with van der Waals surface area (Å²) in [4.78, 5) is 8.10. The maximum Gasteiger partial charge on any atom is 0.0881 e. The van der Waals surface area contributed by atoms with E-state index in [4.69, 9.17) is 0 Å². The van der Waals surface area contributed by atoms with E-state index in [2.05, 4.69) is 16.6 Å². The summed E-state index contributed by atoms with van der Waals surface area (Å²) in [6.45, 7) is 3.52. The van der Waals surface area contributed by atoms with Crippen molar-refractivity contribution in [2.24, 2.45) is 9.98 Å². The number of aliphatic imine (C=N–C) groups is 2. The molecule has 0 aromatic heterocycles. The minimum absolute atomic E-state index is 0.866. The van der Waals surface area contributed by atoms with E-state index in [1.807, 2.05) is 24.3 Å². The summed E-state index contributed by atoms with van der Waals surface area (Å²) in [7, 11) is 1.75. The Labute approximate surface area is 66.4 Å². The van der Waals surface area contributed by atoms with Gasteiger partial charge in [-0.05, 0) is 12.2 Å². The van der Waals surface area contributed by atoms with Crippen LogP contribution in [-0.2, 0) is 0 Å². The highest BCUT2D eigenvalue weighted by molar-refractivity contribution is 6.51. The summed E-state index contributed by atoms with van der Waals surface area (Å²) >= 11 is 0. The van der Waals surface area contributed by atoms with Crippen molar-refractivity contribution in [2.45, 2.75) is 0 Å². The fourth-order valence-corrected chi connectivity index (χ4v) is 0.861. The van der Waals surface area contributed by atoms with Crippen LogP contribution in [0.1, 0.15) is 0 Å². The Balaban J connectivity index is 2.97. The largest absolute Gasteiger partial charge is 0.286 e. The molecule has 0 amide bonds. The van der Waals surface area contributed by atoms with Crippen LogP contribution in [0.25, 0.3) is 0 Å². The van der Waals surface area contributed by atoms with Crippen molar-refractivity contribution in [1.82, 2.24) is 0 Å². The highest BCUT2D eigenvalue weighted by Crippen LogP contribution is 1.97. The van der Waals surface area contributed by atoms with Crippen LogP contribution in [-0.4, -0.2) is 18.5 Å². The van der Waals surface area contributed by atoms with Gasteiger partial charge in [0, 0.05) is 13.2 Å². The molecule has 0 bridgehead atoms. The maximum atomic E-state index is 4.05. The summed E-state index contributed by atoms with van der Waals surface area (Å²) in [5.41, 5.74) is 1.76. The van der Waals surface area contributed by atoms with Gasteiger partial charge in [-0.15, -0.1) is 0 Å². The zero-order valence-corrected chi connectivity index (χ0v) is 6.49. The predicted octanol–water partition coefficient (Wildman–Crippen LogP) is 1.77. The molecule has 0 saturated carbocycles. The van der Waals surface area contributed by atoms with Crippen LogP contribution in [0, 0.1) is 0 Å². The van der Waals surface area contributed by atoms with E-state index >= 15 is 0 Å². The van der Waals surface area contributed by atoms with Gasteiger partial charge in [0.05, 0.1) is 11.4 Å². The SMILES string of the molecule is C=C/N=C1/C=CC=C/C1=N/C. The molecule has 11 heavy (non-hydrogen) atoms. The molecule has 0 aromatic carbocycles. The lowest BCUT2D eigenvalue weighted by molar-refractivity contribution is 1.45. The van der Waals surface area contributed by atoms with Gasteiger partial charge in [-0.1, -0.05) is 18.7 Å². The van der Waals surface area contributed by atoms with Crippen LogP contribution < -0.4 is 0 Å². The highest BCUT2D eigenvalue weighted by atomic mass is 14.8. The van der Waals surface area contributed by atoms with E-state index in [0.29, 0.717) is 0 Å². The Morgan fingerprint density at radius 1 is 1.27 bits per heavy atom. The second-order valence-electron chi connectivity index (χ2n) is 2.02. The number of rotatable bonds is 1. The van der Waals surface area contributed by atoms with Gasteiger partial charge < -0.3 is 0 Å². The third-order valence-corrected chi connectivity index (χ3v) is 1.35. The third kappa shape index (κ3) is 1.74. The van der Waals surface area contributed by atoms with Crippen molar-refractivity contribution in [3.63, 3.8) is 0 Å². The first-order valence-electron chi connectivity index (χ1n) is 3.39. The summed E-state index contributed by atoms with van der Waals surface area (Å²) in [5, 5.41) is 0. The Hall–Kier alpha value is -1.44. The number of hydrogen-bond donors (Lipinski definition) is 0. The van der Waals surface area contributed by atoms with Crippen LogP contribution in [0.4, 0.5) is 0 Å². The molecule has 56 valence electrons. The highest BCUT2D eigenvalue weighted by Gasteiger charge is 2.01. The molecular weight excluding hydrogens is 136 g/mol. The number of hydrogen-bond acceptors (Lipinski definition) is 2. The van der Waals surface area contributed by atoms with Crippen molar-refractivity contribution >= 4 is 11.4 Å². The summed E-state index contributed by atoms with van der Waals surface area (Å²) in [6.07, 6.45) is 9.21. The smallest absolute Gasteiger partial charge is 0.0881 e. The van der Waals surface area contributed by atoms with Crippen molar-refractivity contribution < 1.29 is 0 Å². The minimum atomic E-state index is 0.866. The lowest BCUT2D eigenvalue weighted by atomic mass is 10.1. The van der Waals surface area contributed by atoms with Crippen LogP contribution in [0.15, 0.2) is 47.1 Å². The van der Waals surface area contributed by atoms with E-state index in [9.17, 15) is 0 Å². The molecule has 0 N–H and O–H groups in total. The van der Waals surface area contributed by atoms with Crippen LogP contribution in [0.2, 0.25) is 0 Å². The molecule has 0 heterocycles.